The monoisotopic (exact) mass is 347 g/mol. The topological polar surface area (TPSA) is 128 Å². The normalized spacial score (nSPS) is 11.3. The van der Waals surface area contributed by atoms with Crippen molar-refractivity contribution in [2.75, 3.05) is 0 Å². The van der Waals surface area contributed by atoms with Crippen molar-refractivity contribution in [1.29, 1.82) is 0 Å². The third-order valence-electron chi connectivity index (χ3n) is 2.88. The Hall–Kier alpha value is -3.20. The Kier molecular flexibility index (Phi) is 4.95. The van der Waals surface area contributed by atoms with Gasteiger partial charge in [-0.1, -0.05) is 6.58 Å². The van der Waals surface area contributed by atoms with Gasteiger partial charge >= 0.3 is 5.97 Å². The fourth-order valence-electron chi connectivity index (χ4n) is 1.74. The van der Waals surface area contributed by atoms with Crippen LogP contribution >= 0.6 is 0 Å². The molecule has 2 aromatic rings. The first-order valence-corrected chi connectivity index (χ1v) is 8.03. The van der Waals surface area contributed by atoms with E-state index in [1.165, 1.54) is 42.5 Å². The summed E-state index contributed by atoms with van der Waals surface area (Å²) in [7, 11) is -3.65. The second-order valence-corrected chi connectivity index (χ2v) is 6.24. The number of carbonyl (C=O) groups is 1. The Morgan fingerprint density at radius 2 is 1.67 bits per heavy atom. The number of aromatic hydroxyl groups is 1. The molecular formula is C15H13N3O5S. The maximum Gasteiger partial charge on any atom is 0.339 e. The van der Waals surface area contributed by atoms with E-state index in [0.29, 0.717) is 5.69 Å². The Morgan fingerprint density at radius 1 is 1.08 bits per heavy atom. The van der Waals surface area contributed by atoms with E-state index in [-0.39, 0.29) is 21.9 Å². The van der Waals surface area contributed by atoms with Gasteiger partial charge in [0.05, 0.1) is 16.3 Å². The maximum atomic E-state index is 11.7. The Labute approximate surface area is 137 Å². The Balaban J connectivity index is 2.23. The molecular weight excluding hydrogens is 334 g/mol. The van der Waals surface area contributed by atoms with Crippen LogP contribution in [0.4, 0.5) is 11.4 Å². The van der Waals surface area contributed by atoms with Crippen LogP contribution in [0.5, 0.6) is 5.75 Å². The molecule has 9 heteroatoms. The molecule has 24 heavy (non-hydrogen) atoms. The number of azo groups is 1. The van der Waals surface area contributed by atoms with Gasteiger partial charge in [0, 0.05) is 6.20 Å². The standard InChI is InChI=1S/C15H13N3O5S/c1-2-16-24(22,23)12-6-3-10(4-7-12)17-18-11-5-8-14(19)13(9-11)15(20)21/h2-9,16,19H,1H2,(H,20,21). The highest BCUT2D eigenvalue weighted by Gasteiger charge is 2.11. The van der Waals surface area contributed by atoms with Crippen molar-refractivity contribution < 1.29 is 23.4 Å². The Bertz CT molecular complexity index is 905. The average Bonchev–Trinajstić information content (AvgIpc) is 2.54. The molecule has 0 amide bonds. The van der Waals surface area contributed by atoms with Crippen LogP contribution in [-0.2, 0) is 10.0 Å². The van der Waals surface area contributed by atoms with E-state index in [0.717, 1.165) is 6.20 Å². The van der Waals surface area contributed by atoms with Crippen molar-refractivity contribution in [3.63, 3.8) is 0 Å². The highest BCUT2D eigenvalue weighted by Crippen LogP contribution is 2.25. The van der Waals surface area contributed by atoms with Gasteiger partial charge in [0.15, 0.2) is 0 Å². The first kappa shape index (κ1) is 17.2. The second-order valence-electron chi connectivity index (χ2n) is 4.53. The van der Waals surface area contributed by atoms with Crippen LogP contribution in [0.2, 0.25) is 0 Å². The molecule has 0 radical (unpaired) electrons. The summed E-state index contributed by atoms with van der Waals surface area (Å²) in [6.07, 6.45) is 1.06. The van der Waals surface area contributed by atoms with E-state index in [1.807, 2.05) is 0 Å². The van der Waals surface area contributed by atoms with E-state index in [9.17, 15) is 18.3 Å². The summed E-state index contributed by atoms with van der Waals surface area (Å²) in [5.74, 6) is -1.65. The highest BCUT2D eigenvalue weighted by molar-refractivity contribution is 7.89. The van der Waals surface area contributed by atoms with Gasteiger partial charge in [0.2, 0.25) is 0 Å². The molecule has 8 nitrogen and oxygen atoms in total. The summed E-state index contributed by atoms with van der Waals surface area (Å²) >= 11 is 0. The van der Waals surface area contributed by atoms with Crippen molar-refractivity contribution in [1.82, 2.24) is 4.72 Å². The highest BCUT2D eigenvalue weighted by atomic mass is 32.2. The zero-order chi connectivity index (χ0) is 17.7. The second kappa shape index (κ2) is 6.92. The molecule has 0 aliphatic carbocycles. The third-order valence-corrected chi connectivity index (χ3v) is 4.25. The van der Waals surface area contributed by atoms with Crippen LogP contribution in [0, 0.1) is 0 Å². The van der Waals surface area contributed by atoms with E-state index in [4.69, 9.17) is 5.11 Å². The number of nitrogens with zero attached hydrogens (tertiary/aromatic N) is 2. The number of rotatable bonds is 6. The molecule has 0 saturated heterocycles. The molecule has 3 N–H and O–H groups in total. The molecule has 0 aliphatic rings. The summed E-state index contributed by atoms with van der Waals surface area (Å²) in [6, 6.07) is 9.36. The number of aromatic carboxylic acids is 1. The fraction of sp³-hybridized carbons (Fsp3) is 0. The van der Waals surface area contributed by atoms with E-state index < -0.39 is 16.0 Å². The summed E-state index contributed by atoms with van der Waals surface area (Å²) < 4.78 is 25.6. The molecule has 0 aromatic heterocycles. The minimum atomic E-state index is -3.65. The van der Waals surface area contributed by atoms with Crippen LogP contribution in [-0.4, -0.2) is 24.6 Å². The Morgan fingerprint density at radius 3 is 2.25 bits per heavy atom. The lowest BCUT2D eigenvalue weighted by Gasteiger charge is -2.03. The summed E-state index contributed by atoms with van der Waals surface area (Å²) in [5, 5.41) is 26.1. The first-order valence-electron chi connectivity index (χ1n) is 6.55. The number of hydrogen-bond acceptors (Lipinski definition) is 6. The van der Waals surface area contributed by atoms with Crippen LogP contribution in [0.25, 0.3) is 0 Å². The van der Waals surface area contributed by atoms with Crippen molar-refractivity contribution in [3.05, 3.63) is 60.8 Å². The van der Waals surface area contributed by atoms with Crippen LogP contribution in [0.1, 0.15) is 10.4 Å². The number of benzene rings is 2. The number of nitrogens with one attached hydrogen (secondary N) is 1. The van der Waals surface area contributed by atoms with E-state index >= 15 is 0 Å². The molecule has 0 atom stereocenters. The molecule has 0 spiro atoms. The number of phenols is 1. The van der Waals surface area contributed by atoms with Crippen LogP contribution in [0.15, 0.2) is 70.4 Å². The van der Waals surface area contributed by atoms with Crippen molar-refractivity contribution in [2.45, 2.75) is 4.90 Å². The van der Waals surface area contributed by atoms with Crippen molar-refractivity contribution in [3.8, 4) is 5.75 Å². The lowest BCUT2D eigenvalue weighted by Crippen LogP contribution is -2.17. The molecule has 2 rings (SSSR count). The predicted octanol–water partition coefficient (Wildman–Crippen LogP) is 2.93. The van der Waals surface area contributed by atoms with Gasteiger partial charge in [-0.15, -0.1) is 0 Å². The predicted molar refractivity (Wildman–Crippen MR) is 86.2 cm³/mol. The lowest BCUT2D eigenvalue weighted by atomic mass is 10.2. The fourth-order valence-corrected chi connectivity index (χ4v) is 2.59. The molecule has 0 fully saturated rings. The summed E-state index contributed by atoms with van der Waals surface area (Å²) in [4.78, 5) is 11.0. The first-order chi connectivity index (χ1) is 11.3. The summed E-state index contributed by atoms with van der Waals surface area (Å²) in [5.41, 5.74) is 0.316. The molecule has 0 saturated carbocycles. The van der Waals surface area contributed by atoms with Gasteiger partial charge in [0.1, 0.15) is 11.3 Å². The number of hydrogen-bond donors (Lipinski definition) is 3. The van der Waals surface area contributed by atoms with Gasteiger partial charge in [0.25, 0.3) is 10.0 Å². The van der Waals surface area contributed by atoms with Gasteiger partial charge in [-0.3, -0.25) is 4.72 Å². The van der Waals surface area contributed by atoms with Crippen LogP contribution in [0.3, 0.4) is 0 Å². The lowest BCUT2D eigenvalue weighted by molar-refractivity contribution is 0.0693. The number of carboxylic acids is 1. The SMILES string of the molecule is C=CNS(=O)(=O)c1ccc(N=Nc2ccc(O)c(C(=O)O)c2)cc1. The van der Waals surface area contributed by atoms with Gasteiger partial charge < -0.3 is 10.2 Å². The van der Waals surface area contributed by atoms with Gasteiger partial charge in [-0.05, 0) is 42.5 Å². The zero-order valence-electron chi connectivity index (χ0n) is 12.2. The average molecular weight is 347 g/mol. The molecule has 0 aliphatic heterocycles. The zero-order valence-corrected chi connectivity index (χ0v) is 13.1. The third kappa shape index (κ3) is 3.96. The summed E-state index contributed by atoms with van der Waals surface area (Å²) in [6.45, 7) is 3.29. The molecule has 0 heterocycles. The minimum absolute atomic E-state index is 0.0409. The molecule has 0 bridgehead atoms. The molecule has 0 unspecified atom stereocenters. The number of carboxylic acid groups (broad SMARTS) is 1. The quantitative estimate of drug-likeness (QED) is 0.692. The molecule has 124 valence electrons. The number of sulfonamides is 1. The van der Waals surface area contributed by atoms with E-state index in [2.05, 4.69) is 21.5 Å². The molecule has 2 aromatic carbocycles. The van der Waals surface area contributed by atoms with Crippen molar-refractivity contribution in [2.24, 2.45) is 10.2 Å². The van der Waals surface area contributed by atoms with Gasteiger partial charge in [-0.25, -0.2) is 13.2 Å². The smallest absolute Gasteiger partial charge is 0.339 e. The van der Waals surface area contributed by atoms with E-state index in [1.54, 1.807) is 0 Å². The largest absolute Gasteiger partial charge is 0.507 e. The van der Waals surface area contributed by atoms with Crippen LogP contribution < -0.4 is 4.72 Å². The van der Waals surface area contributed by atoms with Crippen molar-refractivity contribution >= 4 is 27.4 Å². The maximum absolute atomic E-state index is 11.7. The van der Waals surface area contributed by atoms with Gasteiger partial charge in [-0.2, -0.15) is 10.2 Å². The minimum Gasteiger partial charge on any atom is -0.507 e.